The maximum absolute atomic E-state index is 12.3. The number of methoxy groups -OCH3 is 2. The monoisotopic (exact) mass is 548 g/mol. The summed E-state index contributed by atoms with van der Waals surface area (Å²) in [5.41, 5.74) is 3.03. The van der Waals surface area contributed by atoms with Gasteiger partial charge in [-0.05, 0) is 96.1 Å². The minimum atomic E-state index is -0.0705. The zero-order valence-corrected chi connectivity index (χ0v) is 23.1. The van der Waals surface area contributed by atoms with Crippen LogP contribution in [-0.4, -0.2) is 39.0 Å². The summed E-state index contributed by atoms with van der Waals surface area (Å²) in [5, 5.41) is 0. The zero-order chi connectivity index (χ0) is 28.9. The minimum Gasteiger partial charge on any atom is -0.497 e. The van der Waals surface area contributed by atoms with E-state index >= 15 is 0 Å². The summed E-state index contributed by atoms with van der Waals surface area (Å²) in [6, 6.07) is 29.2. The highest BCUT2D eigenvalue weighted by atomic mass is 16.5. The van der Waals surface area contributed by atoms with Gasteiger partial charge in [0.15, 0.2) is 11.6 Å². The Hall–Kier alpha value is -5.10. The van der Waals surface area contributed by atoms with Gasteiger partial charge < -0.3 is 18.9 Å². The van der Waals surface area contributed by atoms with Gasteiger partial charge >= 0.3 is 0 Å². The van der Waals surface area contributed by atoms with E-state index in [-0.39, 0.29) is 11.6 Å². The Kier molecular flexibility index (Phi) is 10.5. The fraction of sp³-hybridized carbons (Fsp3) is 0.143. The maximum atomic E-state index is 12.3. The highest BCUT2D eigenvalue weighted by molar-refractivity contribution is 6.07. The molecule has 0 unspecified atom stereocenters. The molecular weight excluding hydrogens is 516 g/mol. The van der Waals surface area contributed by atoms with Crippen LogP contribution in [0.15, 0.2) is 109 Å². The molecule has 0 saturated carbocycles. The minimum absolute atomic E-state index is 0.0705. The molecule has 6 nitrogen and oxygen atoms in total. The van der Waals surface area contributed by atoms with E-state index in [0.29, 0.717) is 35.8 Å². The smallest absolute Gasteiger partial charge is 0.185 e. The largest absolute Gasteiger partial charge is 0.497 e. The van der Waals surface area contributed by atoms with Crippen LogP contribution in [0.25, 0.3) is 12.2 Å². The van der Waals surface area contributed by atoms with Crippen LogP contribution in [0.3, 0.4) is 0 Å². The third kappa shape index (κ3) is 8.97. The first-order valence-electron chi connectivity index (χ1n) is 13.2. The summed E-state index contributed by atoms with van der Waals surface area (Å²) in [7, 11) is 3.19. The van der Waals surface area contributed by atoms with Crippen LogP contribution in [0, 0.1) is 0 Å². The second kappa shape index (κ2) is 14.9. The van der Waals surface area contributed by atoms with Crippen LogP contribution < -0.4 is 18.9 Å². The Balaban J connectivity index is 1.15. The Bertz CT molecular complexity index is 1350. The molecule has 0 spiro atoms. The van der Waals surface area contributed by atoms with Gasteiger partial charge in [0.2, 0.25) is 0 Å². The summed E-state index contributed by atoms with van der Waals surface area (Å²) in [5.74, 6) is 2.80. The Morgan fingerprint density at radius 3 is 1.20 bits per heavy atom. The topological polar surface area (TPSA) is 71.1 Å². The van der Waals surface area contributed by atoms with Crippen molar-refractivity contribution in [2.75, 3.05) is 27.4 Å². The van der Waals surface area contributed by atoms with Crippen molar-refractivity contribution in [2.45, 2.75) is 6.42 Å². The SMILES string of the molecule is COc1ccc(C(=O)/C=C\c2ccc(OCCCOc3ccc(/C=C\C(=O)c4ccc(OC)cc4)cc3)cc2)cc1. The van der Waals surface area contributed by atoms with Gasteiger partial charge in [0.25, 0.3) is 0 Å². The molecule has 208 valence electrons. The first-order chi connectivity index (χ1) is 20.0. The van der Waals surface area contributed by atoms with Crippen molar-refractivity contribution in [2.24, 2.45) is 0 Å². The van der Waals surface area contributed by atoms with Gasteiger partial charge in [-0.2, -0.15) is 0 Å². The molecule has 41 heavy (non-hydrogen) atoms. The van der Waals surface area contributed by atoms with Gasteiger partial charge in [0.05, 0.1) is 27.4 Å². The van der Waals surface area contributed by atoms with Crippen molar-refractivity contribution < 1.29 is 28.5 Å². The fourth-order valence-corrected chi connectivity index (χ4v) is 3.84. The van der Waals surface area contributed by atoms with Crippen molar-refractivity contribution >= 4 is 23.7 Å². The Labute approximate surface area is 240 Å². The number of carbonyl (C=O) groups is 2. The second-order valence-corrected chi connectivity index (χ2v) is 9.04. The van der Waals surface area contributed by atoms with E-state index in [2.05, 4.69) is 0 Å². The quantitative estimate of drug-likeness (QED) is 0.0933. The van der Waals surface area contributed by atoms with Crippen LogP contribution in [0.1, 0.15) is 38.3 Å². The summed E-state index contributed by atoms with van der Waals surface area (Å²) >= 11 is 0. The summed E-state index contributed by atoms with van der Waals surface area (Å²) in [4.78, 5) is 24.7. The van der Waals surface area contributed by atoms with Gasteiger partial charge in [-0.25, -0.2) is 0 Å². The van der Waals surface area contributed by atoms with E-state index in [1.807, 2.05) is 48.5 Å². The predicted molar refractivity (Wildman–Crippen MR) is 161 cm³/mol. The molecule has 4 aromatic rings. The lowest BCUT2D eigenvalue weighted by atomic mass is 10.1. The van der Waals surface area contributed by atoms with Crippen LogP contribution in [0.2, 0.25) is 0 Å². The normalized spacial score (nSPS) is 11.0. The number of carbonyl (C=O) groups excluding carboxylic acids is 2. The molecule has 6 heteroatoms. The number of allylic oxidation sites excluding steroid dienone is 2. The molecule has 0 saturated heterocycles. The van der Waals surface area contributed by atoms with Crippen LogP contribution in [0.4, 0.5) is 0 Å². The van der Waals surface area contributed by atoms with Crippen molar-refractivity contribution in [3.8, 4) is 23.0 Å². The molecule has 0 aliphatic rings. The number of rotatable bonds is 14. The molecule has 0 heterocycles. The third-order valence-corrected chi connectivity index (χ3v) is 6.19. The molecule has 0 aliphatic carbocycles. The number of hydrogen-bond acceptors (Lipinski definition) is 6. The van der Waals surface area contributed by atoms with E-state index in [4.69, 9.17) is 18.9 Å². The summed E-state index contributed by atoms with van der Waals surface area (Å²) in [6.07, 6.45) is 7.39. The third-order valence-electron chi connectivity index (χ3n) is 6.19. The molecule has 0 fully saturated rings. The first kappa shape index (κ1) is 28.9. The lowest BCUT2D eigenvalue weighted by molar-refractivity contribution is 0.103. The van der Waals surface area contributed by atoms with Crippen LogP contribution in [-0.2, 0) is 0 Å². The number of ketones is 2. The Morgan fingerprint density at radius 2 is 0.854 bits per heavy atom. The van der Waals surface area contributed by atoms with Crippen molar-refractivity contribution in [1.82, 2.24) is 0 Å². The predicted octanol–water partition coefficient (Wildman–Crippen LogP) is 7.34. The molecule has 0 bridgehead atoms. The molecule has 0 atom stereocenters. The lowest BCUT2D eigenvalue weighted by Crippen LogP contribution is -2.05. The summed E-state index contributed by atoms with van der Waals surface area (Å²) < 4.78 is 21.9. The first-order valence-corrected chi connectivity index (χ1v) is 13.2. The van der Waals surface area contributed by atoms with Crippen molar-refractivity contribution in [1.29, 1.82) is 0 Å². The Morgan fingerprint density at radius 1 is 0.512 bits per heavy atom. The highest BCUT2D eigenvalue weighted by Crippen LogP contribution is 2.17. The van der Waals surface area contributed by atoms with Crippen molar-refractivity contribution in [3.05, 3.63) is 131 Å². The molecule has 4 aromatic carbocycles. The van der Waals surface area contributed by atoms with E-state index in [0.717, 1.165) is 29.0 Å². The molecule has 0 N–H and O–H groups in total. The van der Waals surface area contributed by atoms with Gasteiger partial charge in [-0.1, -0.05) is 36.4 Å². The molecule has 0 aromatic heterocycles. The van der Waals surface area contributed by atoms with Gasteiger partial charge in [-0.15, -0.1) is 0 Å². The lowest BCUT2D eigenvalue weighted by Gasteiger charge is -2.08. The standard InChI is InChI=1S/C35H32O6/c1-38-30-18-10-28(11-19-30)34(36)22-8-26-4-14-32(15-5-26)40-24-3-25-41-33-16-6-27(7-17-33)9-23-35(37)29-12-20-31(39-2)21-13-29/h4-23H,3,24-25H2,1-2H3/b22-8-,23-9-. The number of hydrogen-bond donors (Lipinski definition) is 0. The molecular formula is C35H32O6. The highest BCUT2D eigenvalue weighted by Gasteiger charge is 2.04. The molecule has 0 amide bonds. The van der Waals surface area contributed by atoms with E-state index < -0.39 is 0 Å². The fourth-order valence-electron chi connectivity index (χ4n) is 3.84. The van der Waals surface area contributed by atoms with Crippen LogP contribution >= 0.6 is 0 Å². The molecule has 4 rings (SSSR count). The number of benzene rings is 4. The second-order valence-electron chi connectivity index (χ2n) is 9.04. The summed E-state index contributed by atoms with van der Waals surface area (Å²) in [6.45, 7) is 1.03. The van der Waals surface area contributed by atoms with Gasteiger partial charge in [-0.3, -0.25) is 9.59 Å². The van der Waals surface area contributed by atoms with Gasteiger partial charge in [0, 0.05) is 17.5 Å². The average Bonchev–Trinajstić information content (AvgIpc) is 3.03. The average molecular weight is 549 g/mol. The van der Waals surface area contributed by atoms with E-state index in [1.54, 1.807) is 87.1 Å². The maximum Gasteiger partial charge on any atom is 0.185 e. The van der Waals surface area contributed by atoms with E-state index in [1.165, 1.54) is 0 Å². The van der Waals surface area contributed by atoms with Crippen molar-refractivity contribution in [3.63, 3.8) is 0 Å². The molecule has 0 radical (unpaired) electrons. The van der Waals surface area contributed by atoms with E-state index in [9.17, 15) is 9.59 Å². The van der Waals surface area contributed by atoms with Crippen LogP contribution in [0.5, 0.6) is 23.0 Å². The zero-order valence-electron chi connectivity index (χ0n) is 23.1. The number of ether oxygens (including phenoxy) is 4. The van der Waals surface area contributed by atoms with Gasteiger partial charge in [0.1, 0.15) is 23.0 Å². The molecule has 0 aliphatic heterocycles.